The Labute approximate surface area is 248 Å². The van der Waals surface area contributed by atoms with E-state index in [1.54, 1.807) is 12.1 Å². The first-order valence-electron chi connectivity index (χ1n) is 15.9. The summed E-state index contributed by atoms with van der Waals surface area (Å²) in [5.74, 6) is 0.0763. The molecule has 6 aliphatic rings. The van der Waals surface area contributed by atoms with Crippen molar-refractivity contribution in [2.75, 3.05) is 13.1 Å². The Kier molecular flexibility index (Phi) is 5.73. The van der Waals surface area contributed by atoms with Crippen molar-refractivity contribution in [3.63, 3.8) is 0 Å². The zero-order valence-corrected chi connectivity index (χ0v) is 24.6. The summed E-state index contributed by atoms with van der Waals surface area (Å²) in [5.41, 5.74) is 1.48. The molecule has 6 fully saturated rings. The average molecular weight is 568 g/mol. The van der Waals surface area contributed by atoms with E-state index in [0.29, 0.717) is 23.5 Å². The van der Waals surface area contributed by atoms with Gasteiger partial charge in [0.25, 0.3) is 0 Å². The largest absolute Gasteiger partial charge is 0.458 e. The summed E-state index contributed by atoms with van der Waals surface area (Å²) in [4.78, 5) is 29.9. The summed E-state index contributed by atoms with van der Waals surface area (Å²) in [6.45, 7) is 11.2. The van der Waals surface area contributed by atoms with Crippen molar-refractivity contribution >= 4 is 11.9 Å². The first-order valence-corrected chi connectivity index (χ1v) is 15.9. The third kappa shape index (κ3) is 3.18. The molecule has 0 radical (unpaired) electrons. The number of rotatable bonds is 5. The summed E-state index contributed by atoms with van der Waals surface area (Å²) in [6.07, 6.45) is 3.07. The minimum atomic E-state index is -0.542. The van der Waals surface area contributed by atoms with Crippen LogP contribution < -0.4 is 0 Å². The van der Waals surface area contributed by atoms with Crippen LogP contribution in [0.2, 0.25) is 0 Å². The van der Waals surface area contributed by atoms with Gasteiger partial charge in [0.15, 0.2) is 0 Å². The minimum absolute atomic E-state index is 0.0698. The molecule has 1 heterocycles. The molecule has 0 unspecified atom stereocenters. The lowest BCUT2D eigenvalue weighted by atomic mass is 9.43. The van der Waals surface area contributed by atoms with Gasteiger partial charge in [0.2, 0.25) is 0 Å². The first kappa shape index (κ1) is 26.7. The molecule has 7 bridgehead atoms. The zero-order chi connectivity index (χ0) is 29.0. The van der Waals surface area contributed by atoms with E-state index in [9.17, 15) is 14.7 Å². The number of carbonyl (C=O) groups excluding carboxylic acids is 2. The molecule has 8 rings (SSSR count). The van der Waals surface area contributed by atoms with Crippen molar-refractivity contribution in [2.45, 2.75) is 70.3 Å². The van der Waals surface area contributed by atoms with Gasteiger partial charge in [-0.2, -0.15) is 0 Å². The molecule has 2 spiro atoms. The quantitative estimate of drug-likeness (QED) is 0.379. The maximum absolute atomic E-state index is 13.6. The number of likely N-dealkylation sites (tertiary alicyclic amines) is 1. The average Bonchev–Trinajstić information content (AvgIpc) is 3.53. The fourth-order valence-corrected chi connectivity index (χ4v) is 11.8. The van der Waals surface area contributed by atoms with Crippen LogP contribution in [0.1, 0.15) is 66.7 Å². The number of hydrogen-bond donors (Lipinski definition) is 1. The molecule has 220 valence electrons. The van der Waals surface area contributed by atoms with Gasteiger partial charge in [-0.1, -0.05) is 56.8 Å². The SMILES string of the molecule is C=C1[C@H]2C[C@]3([C@@H]1OC(=O)c1ccccc1)[C@@H](C[C@@H]2O)[C@@]12[C@@H](OC(=O)c4ccccc4)CC[C@@]4(C)CN(CC)[C@H]1[C@@H]3C[C@H]42. The Morgan fingerprint density at radius 2 is 1.62 bits per heavy atom. The summed E-state index contributed by atoms with van der Waals surface area (Å²) < 4.78 is 13.1. The second-order valence-corrected chi connectivity index (χ2v) is 14.4. The Hall–Kier alpha value is -2.96. The van der Waals surface area contributed by atoms with Gasteiger partial charge >= 0.3 is 11.9 Å². The molecule has 42 heavy (non-hydrogen) atoms. The predicted octanol–water partition coefficient (Wildman–Crippen LogP) is 5.52. The lowest BCUT2D eigenvalue weighted by Crippen LogP contribution is -2.69. The molecule has 6 nitrogen and oxygen atoms in total. The highest BCUT2D eigenvalue weighted by Gasteiger charge is 2.86. The fourth-order valence-electron chi connectivity index (χ4n) is 11.8. The van der Waals surface area contributed by atoms with E-state index in [4.69, 9.17) is 9.47 Å². The smallest absolute Gasteiger partial charge is 0.338 e. The molecule has 11 atom stereocenters. The van der Waals surface area contributed by atoms with Crippen LogP contribution >= 0.6 is 0 Å². The summed E-state index contributed by atoms with van der Waals surface area (Å²) in [6, 6.07) is 18.8. The van der Waals surface area contributed by atoms with Gasteiger partial charge in [0.05, 0.1) is 17.2 Å². The highest BCUT2D eigenvalue weighted by molar-refractivity contribution is 5.90. The van der Waals surface area contributed by atoms with E-state index in [2.05, 4.69) is 25.3 Å². The van der Waals surface area contributed by atoms with E-state index in [1.807, 2.05) is 48.5 Å². The molecule has 1 saturated heterocycles. The molecule has 1 N–H and O–H groups in total. The maximum atomic E-state index is 13.6. The Bertz CT molecular complexity index is 1440. The van der Waals surface area contributed by atoms with Crippen LogP contribution in [0.5, 0.6) is 0 Å². The van der Waals surface area contributed by atoms with Crippen molar-refractivity contribution < 1.29 is 24.2 Å². The molecular weight excluding hydrogens is 526 g/mol. The third-order valence-electron chi connectivity index (χ3n) is 13.0. The van der Waals surface area contributed by atoms with Crippen molar-refractivity contribution in [3.05, 3.63) is 83.9 Å². The highest BCUT2D eigenvalue weighted by Crippen LogP contribution is 2.84. The van der Waals surface area contributed by atoms with Crippen LogP contribution in [0.3, 0.4) is 0 Å². The van der Waals surface area contributed by atoms with E-state index in [-0.39, 0.29) is 58.1 Å². The molecule has 6 heteroatoms. The van der Waals surface area contributed by atoms with Gasteiger partial charge in [0, 0.05) is 29.3 Å². The van der Waals surface area contributed by atoms with Gasteiger partial charge in [0.1, 0.15) is 12.2 Å². The topological polar surface area (TPSA) is 76.1 Å². The van der Waals surface area contributed by atoms with Gasteiger partial charge < -0.3 is 14.6 Å². The number of hydrogen-bond acceptors (Lipinski definition) is 6. The number of nitrogens with zero attached hydrogens (tertiary/aromatic N) is 1. The van der Waals surface area contributed by atoms with Crippen LogP contribution in [0.4, 0.5) is 0 Å². The summed E-state index contributed by atoms with van der Waals surface area (Å²) in [7, 11) is 0. The van der Waals surface area contributed by atoms with Crippen LogP contribution in [-0.4, -0.2) is 59.4 Å². The number of esters is 2. The Morgan fingerprint density at radius 3 is 2.26 bits per heavy atom. The van der Waals surface area contributed by atoms with Crippen LogP contribution in [-0.2, 0) is 9.47 Å². The minimum Gasteiger partial charge on any atom is -0.458 e. The Morgan fingerprint density at radius 1 is 0.976 bits per heavy atom. The Balaban J connectivity index is 1.26. The molecule has 5 saturated carbocycles. The predicted molar refractivity (Wildman–Crippen MR) is 157 cm³/mol. The number of piperidine rings is 1. The summed E-state index contributed by atoms with van der Waals surface area (Å²) in [5, 5.41) is 11.7. The molecule has 2 aromatic rings. The third-order valence-corrected chi connectivity index (χ3v) is 13.0. The van der Waals surface area contributed by atoms with Gasteiger partial charge in [-0.05, 0) is 91.7 Å². The number of benzene rings is 2. The molecule has 2 aromatic carbocycles. The summed E-state index contributed by atoms with van der Waals surface area (Å²) >= 11 is 0. The second-order valence-electron chi connectivity index (χ2n) is 14.4. The van der Waals surface area contributed by atoms with Crippen molar-refractivity contribution in [2.24, 2.45) is 39.9 Å². The molecule has 0 amide bonds. The second kappa shape index (κ2) is 9.03. The number of ether oxygens (including phenoxy) is 2. The van der Waals surface area contributed by atoms with Crippen molar-refractivity contribution in [3.8, 4) is 0 Å². The van der Waals surface area contributed by atoms with E-state index >= 15 is 0 Å². The fraction of sp³-hybridized carbons (Fsp3) is 0.556. The van der Waals surface area contributed by atoms with E-state index in [0.717, 1.165) is 44.3 Å². The molecular formula is C36H41NO5. The van der Waals surface area contributed by atoms with Crippen LogP contribution in [0, 0.1) is 39.9 Å². The number of carbonyl (C=O) groups is 2. The van der Waals surface area contributed by atoms with Gasteiger partial charge in [-0.25, -0.2) is 9.59 Å². The lowest BCUT2D eigenvalue weighted by Gasteiger charge is -2.65. The molecule has 0 aromatic heterocycles. The number of fused-ring (bicyclic) bond motifs is 1. The normalized spacial score (nSPS) is 44.5. The van der Waals surface area contributed by atoms with Gasteiger partial charge in [-0.3, -0.25) is 4.90 Å². The highest BCUT2D eigenvalue weighted by atomic mass is 16.6. The van der Waals surface area contributed by atoms with Gasteiger partial charge in [-0.15, -0.1) is 0 Å². The van der Waals surface area contributed by atoms with Crippen LogP contribution in [0.15, 0.2) is 72.8 Å². The van der Waals surface area contributed by atoms with Crippen molar-refractivity contribution in [1.82, 2.24) is 4.90 Å². The lowest BCUT2D eigenvalue weighted by molar-refractivity contribution is -0.218. The van der Waals surface area contributed by atoms with E-state index in [1.165, 1.54) is 0 Å². The van der Waals surface area contributed by atoms with Crippen LogP contribution in [0.25, 0.3) is 0 Å². The maximum Gasteiger partial charge on any atom is 0.338 e. The van der Waals surface area contributed by atoms with Crippen molar-refractivity contribution in [1.29, 1.82) is 0 Å². The zero-order valence-electron chi connectivity index (χ0n) is 24.6. The van der Waals surface area contributed by atoms with E-state index < -0.39 is 12.2 Å². The molecule has 1 aliphatic heterocycles. The first-order chi connectivity index (χ1) is 20.3. The monoisotopic (exact) mass is 567 g/mol. The molecule has 5 aliphatic carbocycles. The number of aliphatic hydroxyl groups is 1. The number of aliphatic hydroxyl groups excluding tert-OH is 1. The standard InChI is InChI=1S/C36H41NO5/c1-4-37-20-34(3)16-15-29(41-32(39)22-11-7-5-8-12-22)36-27(34)17-25(30(36)37)35-19-24(26(38)18-28(35)36)21(2)31(35)42-33(40)23-13-9-6-10-14-23/h5-14,24-31,38H,2,4,15-20H2,1,3H3/t24-,25+,26+,27-,28-,29+,30+,31-,34+,35-,36+/m1/s1.